The third kappa shape index (κ3) is 5.89. The highest BCUT2D eigenvalue weighted by Gasteiger charge is 2.29. The molecule has 2 unspecified atom stereocenters. The SMILES string of the molecule is CC.CCCC1CN(C)CC1CCC(C)C. The van der Waals surface area contributed by atoms with E-state index in [2.05, 4.69) is 32.7 Å². The number of rotatable bonds is 5. The highest BCUT2D eigenvalue weighted by molar-refractivity contribution is 4.82. The van der Waals surface area contributed by atoms with Gasteiger partial charge in [-0.3, -0.25) is 0 Å². The van der Waals surface area contributed by atoms with Gasteiger partial charge in [0.2, 0.25) is 0 Å². The van der Waals surface area contributed by atoms with Gasteiger partial charge in [-0.1, -0.05) is 47.5 Å². The molecule has 0 amide bonds. The second-order valence-electron chi connectivity index (χ2n) is 5.50. The van der Waals surface area contributed by atoms with Crippen LogP contribution in [0.4, 0.5) is 0 Å². The lowest BCUT2D eigenvalue weighted by atomic mass is 9.86. The third-order valence-corrected chi connectivity index (χ3v) is 3.53. The maximum absolute atomic E-state index is 2.52. The lowest BCUT2D eigenvalue weighted by Crippen LogP contribution is -2.14. The zero-order valence-corrected chi connectivity index (χ0v) is 12.4. The van der Waals surface area contributed by atoms with E-state index in [1.165, 1.54) is 38.8 Å². The van der Waals surface area contributed by atoms with Crippen LogP contribution in [0.2, 0.25) is 0 Å². The van der Waals surface area contributed by atoms with Gasteiger partial charge in [0.1, 0.15) is 0 Å². The van der Waals surface area contributed by atoms with E-state index in [9.17, 15) is 0 Å². The number of hydrogen-bond acceptors (Lipinski definition) is 1. The molecule has 1 fully saturated rings. The number of hydrogen-bond donors (Lipinski definition) is 0. The summed E-state index contributed by atoms with van der Waals surface area (Å²) in [4.78, 5) is 2.52. The van der Waals surface area contributed by atoms with Crippen molar-refractivity contribution in [1.82, 2.24) is 4.90 Å². The standard InChI is InChI=1S/C13H27N.C2H6/c1-5-6-12-9-14(4)10-13(12)8-7-11(2)3;1-2/h11-13H,5-10H2,1-4H3;1-2H3. The van der Waals surface area contributed by atoms with Crippen LogP contribution in [0.25, 0.3) is 0 Å². The summed E-state index contributed by atoms with van der Waals surface area (Å²) in [5.74, 6) is 2.86. The van der Waals surface area contributed by atoms with Crippen molar-refractivity contribution in [3.05, 3.63) is 0 Å². The van der Waals surface area contributed by atoms with Gasteiger partial charge >= 0.3 is 0 Å². The van der Waals surface area contributed by atoms with Crippen LogP contribution in [0, 0.1) is 17.8 Å². The van der Waals surface area contributed by atoms with Crippen molar-refractivity contribution in [3.8, 4) is 0 Å². The van der Waals surface area contributed by atoms with E-state index >= 15 is 0 Å². The maximum Gasteiger partial charge on any atom is 0.000985 e. The van der Waals surface area contributed by atoms with E-state index in [-0.39, 0.29) is 0 Å². The van der Waals surface area contributed by atoms with Crippen LogP contribution in [0.5, 0.6) is 0 Å². The maximum atomic E-state index is 2.52. The van der Waals surface area contributed by atoms with Crippen LogP contribution in [0.3, 0.4) is 0 Å². The normalized spacial score (nSPS) is 25.7. The van der Waals surface area contributed by atoms with Crippen molar-refractivity contribution < 1.29 is 0 Å². The van der Waals surface area contributed by atoms with Crippen molar-refractivity contribution >= 4 is 0 Å². The minimum Gasteiger partial charge on any atom is -0.306 e. The van der Waals surface area contributed by atoms with E-state index in [1.807, 2.05) is 13.8 Å². The predicted octanol–water partition coefficient (Wildman–Crippen LogP) is 4.43. The molecule has 1 rings (SSSR count). The first-order valence-electron chi connectivity index (χ1n) is 7.32. The van der Waals surface area contributed by atoms with Crippen molar-refractivity contribution in [3.63, 3.8) is 0 Å². The van der Waals surface area contributed by atoms with Crippen molar-refractivity contribution in [2.24, 2.45) is 17.8 Å². The first-order valence-corrected chi connectivity index (χ1v) is 7.32. The van der Waals surface area contributed by atoms with Crippen LogP contribution in [-0.4, -0.2) is 25.0 Å². The summed E-state index contributed by atoms with van der Waals surface area (Å²) >= 11 is 0. The molecule has 2 atom stereocenters. The largest absolute Gasteiger partial charge is 0.306 e. The summed E-state index contributed by atoms with van der Waals surface area (Å²) in [5.41, 5.74) is 0. The molecule has 0 aromatic heterocycles. The fourth-order valence-electron chi connectivity index (χ4n) is 2.75. The fraction of sp³-hybridized carbons (Fsp3) is 1.00. The van der Waals surface area contributed by atoms with E-state index in [1.54, 1.807) is 0 Å². The molecule has 98 valence electrons. The topological polar surface area (TPSA) is 3.24 Å². The molecule has 0 aromatic rings. The van der Waals surface area contributed by atoms with E-state index < -0.39 is 0 Å². The average Bonchev–Trinajstić information content (AvgIpc) is 2.60. The summed E-state index contributed by atoms with van der Waals surface area (Å²) in [6.45, 7) is 13.7. The van der Waals surface area contributed by atoms with Crippen LogP contribution >= 0.6 is 0 Å². The Morgan fingerprint density at radius 3 is 2.00 bits per heavy atom. The Morgan fingerprint density at radius 1 is 1.06 bits per heavy atom. The van der Waals surface area contributed by atoms with Gasteiger partial charge in [-0.2, -0.15) is 0 Å². The van der Waals surface area contributed by atoms with Gasteiger partial charge in [-0.05, 0) is 37.6 Å². The van der Waals surface area contributed by atoms with Crippen molar-refractivity contribution in [2.75, 3.05) is 20.1 Å². The Morgan fingerprint density at radius 2 is 1.56 bits per heavy atom. The van der Waals surface area contributed by atoms with Gasteiger partial charge in [-0.15, -0.1) is 0 Å². The molecule has 1 heterocycles. The quantitative estimate of drug-likeness (QED) is 0.672. The average molecular weight is 227 g/mol. The Hall–Kier alpha value is -0.0400. The molecular formula is C15H33N. The number of likely N-dealkylation sites (tertiary alicyclic amines) is 1. The Kier molecular flexibility index (Phi) is 9.02. The molecule has 0 spiro atoms. The molecule has 0 radical (unpaired) electrons. The van der Waals surface area contributed by atoms with Crippen molar-refractivity contribution in [1.29, 1.82) is 0 Å². The van der Waals surface area contributed by atoms with Crippen molar-refractivity contribution in [2.45, 2.75) is 60.3 Å². The van der Waals surface area contributed by atoms with Crippen LogP contribution in [0.1, 0.15) is 60.3 Å². The first-order chi connectivity index (χ1) is 7.63. The molecule has 0 aliphatic carbocycles. The summed E-state index contributed by atoms with van der Waals surface area (Å²) in [6.07, 6.45) is 5.66. The molecular weight excluding hydrogens is 194 g/mol. The second kappa shape index (κ2) is 9.04. The lowest BCUT2D eigenvalue weighted by Gasteiger charge is -2.18. The monoisotopic (exact) mass is 227 g/mol. The minimum absolute atomic E-state index is 0.878. The second-order valence-corrected chi connectivity index (χ2v) is 5.50. The molecule has 0 bridgehead atoms. The molecule has 1 aliphatic heterocycles. The smallest absolute Gasteiger partial charge is 0.000985 e. The molecule has 0 N–H and O–H groups in total. The lowest BCUT2D eigenvalue weighted by molar-refractivity contribution is 0.342. The Bertz CT molecular complexity index is 154. The van der Waals surface area contributed by atoms with E-state index in [0.717, 1.165) is 17.8 Å². The van der Waals surface area contributed by atoms with Gasteiger partial charge in [0.15, 0.2) is 0 Å². The molecule has 1 aliphatic rings. The number of nitrogens with zero attached hydrogens (tertiary/aromatic N) is 1. The van der Waals surface area contributed by atoms with Crippen LogP contribution < -0.4 is 0 Å². The third-order valence-electron chi connectivity index (χ3n) is 3.53. The highest BCUT2D eigenvalue weighted by atomic mass is 15.1. The summed E-state index contributed by atoms with van der Waals surface area (Å²) in [7, 11) is 2.28. The van der Waals surface area contributed by atoms with Gasteiger partial charge < -0.3 is 4.90 Å². The van der Waals surface area contributed by atoms with Gasteiger partial charge in [0.05, 0.1) is 0 Å². The summed E-state index contributed by atoms with van der Waals surface area (Å²) in [5, 5.41) is 0. The van der Waals surface area contributed by atoms with Crippen LogP contribution in [-0.2, 0) is 0 Å². The summed E-state index contributed by atoms with van der Waals surface area (Å²) in [6, 6.07) is 0. The molecule has 1 heteroatoms. The first kappa shape index (κ1) is 16.0. The van der Waals surface area contributed by atoms with Gasteiger partial charge in [0, 0.05) is 13.1 Å². The van der Waals surface area contributed by atoms with E-state index in [0.29, 0.717) is 0 Å². The molecule has 0 saturated carbocycles. The van der Waals surface area contributed by atoms with Gasteiger partial charge in [-0.25, -0.2) is 0 Å². The molecule has 0 aromatic carbocycles. The zero-order chi connectivity index (χ0) is 12.6. The zero-order valence-electron chi connectivity index (χ0n) is 12.4. The molecule has 1 saturated heterocycles. The molecule has 16 heavy (non-hydrogen) atoms. The fourth-order valence-corrected chi connectivity index (χ4v) is 2.75. The van der Waals surface area contributed by atoms with Crippen LogP contribution in [0.15, 0.2) is 0 Å². The Labute approximate surface area is 104 Å². The van der Waals surface area contributed by atoms with Gasteiger partial charge in [0.25, 0.3) is 0 Å². The Balaban J connectivity index is 0.00000106. The molecule has 1 nitrogen and oxygen atoms in total. The summed E-state index contributed by atoms with van der Waals surface area (Å²) < 4.78 is 0. The van der Waals surface area contributed by atoms with E-state index in [4.69, 9.17) is 0 Å². The minimum atomic E-state index is 0.878. The highest BCUT2D eigenvalue weighted by Crippen LogP contribution is 2.30. The predicted molar refractivity (Wildman–Crippen MR) is 74.8 cm³/mol.